The number of nitrogens with one attached hydrogen (secondary N) is 1. The maximum atomic E-state index is 4.68. The van der Waals surface area contributed by atoms with Gasteiger partial charge < -0.3 is 5.32 Å². The Kier molecular flexibility index (Phi) is 6.69. The topological polar surface area (TPSA) is 24.9 Å². The fraction of sp³-hybridized carbons (Fsp3) is 0.737. The molecule has 118 valence electrons. The van der Waals surface area contributed by atoms with Crippen LogP contribution in [-0.2, 0) is 12.8 Å². The average molecular weight is 288 g/mol. The van der Waals surface area contributed by atoms with E-state index in [1.54, 1.807) is 0 Å². The molecule has 1 aromatic rings. The number of aromatic nitrogens is 1. The van der Waals surface area contributed by atoms with E-state index in [-0.39, 0.29) is 0 Å². The monoisotopic (exact) mass is 288 g/mol. The summed E-state index contributed by atoms with van der Waals surface area (Å²) in [6, 6.07) is 5.09. The van der Waals surface area contributed by atoms with Crippen LogP contribution in [0.1, 0.15) is 64.1 Å². The van der Waals surface area contributed by atoms with Crippen molar-refractivity contribution < 1.29 is 0 Å². The first-order valence-corrected chi connectivity index (χ1v) is 8.86. The third kappa shape index (κ3) is 5.43. The number of hydrogen-bond donors (Lipinski definition) is 1. The van der Waals surface area contributed by atoms with Crippen LogP contribution in [0.3, 0.4) is 0 Å². The first kappa shape index (κ1) is 16.5. The summed E-state index contributed by atoms with van der Waals surface area (Å²) in [4.78, 5) is 4.68. The van der Waals surface area contributed by atoms with E-state index in [1.807, 2.05) is 0 Å². The van der Waals surface area contributed by atoms with Crippen LogP contribution in [-0.4, -0.2) is 17.6 Å². The molecule has 2 atom stereocenters. The van der Waals surface area contributed by atoms with Crippen molar-refractivity contribution in [3.05, 3.63) is 29.6 Å². The lowest BCUT2D eigenvalue weighted by molar-refractivity contribution is 0.289. The molecular weight excluding hydrogens is 256 g/mol. The van der Waals surface area contributed by atoms with Crippen molar-refractivity contribution in [3.63, 3.8) is 0 Å². The zero-order chi connectivity index (χ0) is 15.1. The molecule has 0 amide bonds. The van der Waals surface area contributed by atoms with E-state index in [2.05, 4.69) is 49.4 Å². The zero-order valence-electron chi connectivity index (χ0n) is 14.1. The Morgan fingerprint density at radius 1 is 1.14 bits per heavy atom. The molecule has 2 unspecified atom stereocenters. The van der Waals surface area contributed by atoms with Crippen LogP contribution in [0.5, 0.6) is 0 Å². The van der Waals surface area contributed by atoms with E-state index in [0.717, 1.165) is 24.7 Å². The molecule has 1 aliphatic rings. The minimum Gasteiger partial charge on any atom is -0.314 e. The van der Waals surface area contributed by atoms with E-state index in [1.165, 1.54) is 49.9 Å². The van der Waals surface area contributed by atoms with E-state index >= 15 is 0 Å². The highest BCUT2D eigenvalue weighted by atomic mass is 14.9. The molecule has 1 fully saturated rings. The summed E-state index contributed by atoms with van der Waals surface area (Å²) < 4.78 is 0. The number of aryl methyl sites for hydroxylation is 1. The van der Waals surface area contributed by atoms with Crippen molar-refractivity contribution in [1.29, 1.82) is 0 Å². The van der Waals surface area contributed by atoms with Gasteiger partial charge in [-0.15, -0.1) is 0 Å². The van der Waals surface area contributed by atoms with Gasteiger partial charge in [-0.25, -0.2) is 0 Å². The second-order valence-corrected chi connectivity index (χ2v) is 6.94. The number of nitrogens with zero attached hydrogens (tertiary/aromatic N) is 1. The van der Waals surface area contributed by atoms with Gasteiger partial charge in [-0.1, -0.05) is 46.1 Å². The average Bonchev–Trinajstić information content (AvgIpc) is 2.71. The molecule has 0 aromatic carbocycles. The molecule has 2 heteroatoms. The lowest BCUT2D eigenvalue weighted by Gasteiger charge is -2.26. The largest absolute Gasteiger partial charge is 0.314 e. The van der Waals surface area contributed by atoms with Gasteiger partial charge in [-0.05, 0) is 55.7 Å². The Morgan fingerprint density at radius 3 is 2.52 bits per heavy atom. The highest BCUT2D eigenvalue weighted by Gasteiger charge is 2.24. The molecule has 2 nitrogen and oxygen atoms in total. The van der Waals surface area contributed by atoms with Crippen molar-refractivity contribution in [2.24, 2.45) is 11.8 Å². The molecule has 0 saturated heterocycles. The van der Waals surface area contributed by atoms with Crippen LogP contribution in [0.4, 0.5) is 0 Å². The Bertz CT molecular complexity index is 397. The lowest BCUT2D eigenvalue weighted by atomic mass is 9.84. The van der Waals surface area contributed by atoms with Crippen molar-refractivity contribution >= 4 is 0 Å². The maximum absolute atomic E-state index is 4.68. The zero-order valence-corrected chi connectivity index (χ0v) is 14.1. The molecular formula is C19H32N2. The van der Waals surface area contributed by atoms with E-state index in [9.17, 15) is 0 Å². The molecule has 0 aliphatic heterocycles. The molecule has 1 N–H and O–H groups in total. The van der Waals surface area contributed by atoms with E-state index in [4.69, 9.17) is 0 Å². The van der Waals surface area contributed by atoms with Gasteiger partial charge in [-0.3, -0.25) is 4.98 Å². The minimum atomic E-state index is 0.593. The molecule has 21 heavy (non-hydrogen) atoms. The summed E-state index contributed by atoms with van der Waals surface area (Å²) in [7, 11) is 0. The first-order chi connectivity index (χ1) is 10.2. The third-order valence-corrected chi connectivity index (χ3v) is 4.87. The summed E-state index contributed by atoms with van der Waals surface area (Å²) in [5.74, 6) is 1.63. The molecule has 2 rings (SSSR count). The summed E-state index contributed by atoms with van der Waals surface area (Å²) in [5, 5.41) is 3.66. The Labute approximate surface area is 130 Å². The van der Waals surface area contributed by atoms with Gasteiger partial charge in [0.05, 0.1) is 0 Å². The van der Waals surface area contributed by atoms with Gasteiger partial charge in [0.2, 0.25) is 0 Å². The predicted molar refractivity (Wildman–Crippen MR) is 90.5 cm³/mol. The smallest absolute Gasteiger partial charge is 0.0406 e. The van der Waals surface area contributed by atoms with Crippen LogP contribution >= 0.6 is 0 Å². The second-order valence-electron chi connectivity index (χ2n) is 6.94. The van der Waals surface area contributed by atoms with Crippen LogP contribution in [0.2, 0.25) is 0 Å². The molecule has 0 bridgehead atoms. The first-order valence-electron chi connectivity index (χ1n) is 8.86. The van der Waals surface area contributed by atoms with E-state index in [0.29, 0.717) is 6.04 Å². The van der Waals surface area contributed by atoms with E-state index < -0.39 is 0 Å². The van der Waals surface area contributed by atoms with Gasteiger partial charge in [-0.2, -0.15) is 0 Å². The summed E-state index contributed by atoms with van der Waals surface area (Å²) in [6.45, 7) is 7.86. The summed E-state index contributed by atoms with van der Waals surface area (Å²) >= 11 is 0. The summed E-state index contributed by atoms with van der Waals surface area (Å²) in [5.41, 5.74) is 2.63. The van der Waals surface area contributed by atoms with Crippen molar-refractivity contribution in [3.8, 4) is 0 Å². The lowest BCUT2D eigenvalue weighted by Crippen LogP contribution is -2.33. The molecule has 1 aromatic heterocycles. The number of pyridine rings is 1. The fourth-order valence-electron chi connectivity index (χ4n) is 3.44. The Hall–Kier alpha value is -0.890. The van der Waals surface area contributed by atoms with Crippen molar-refractivity contribution in [2.75, 3.05) is 6.54 Å². The quantitative estimate of drug-likeness (QED) is 0.786. The van der Waals surface area contributed by atoms with Gasteiger partial charge in [0, 0.05) is 17.9 Å². The highest BCUT2D eigenvalue weighted by Crippen LogP contribution is 2.31. The third-order valence-electron chi connectivity index (χ3n) is 4.87. The standard InChI is InChI=1S/C19H32N2/c1-4-16-10-11-19(21-13-16)12-17-8-6-5-7-9-18(17)14-20-15(2)3/h10-11,13,15,17-18,20H,4-9,12,14H2,1-3H3. The Balaban J connectivity index is 1.98. The van der Waals surface area contributed by atoms with Crippen molar-refractivity contribution in [1.82, 2.24) is 10.3 Å². The molecule has 1 saturated carbocycles. The van der Waals surface area contributed by atoms with Crippen molar-refractivity contribution in [2.45, 2.75) is 71.8 Å². The molecule has 0 spiro atoms. The van der Waals surface area contributed by atoms with Crippen LogP contribution in [0.25, 0.3) is 0 Å². The molecule has 1 aliphatic carbocycles. The van der Waals surface area contributed by atoms with Gasteiger partial charge in [0.1, 0.15) is 0 Å². The number of rotatable bonds is 6. The predicted octanol–water partition coefficient (Wildman–Crippen LogP) is 4.38. The molecule has 1 heterocycles. The fourth-order valence-corrected chi connectivity index (χ4v) is 3.44. The SMILES string of the molecule is CCc1ccc(CC2CCCCCC2CNC(C)C)nc1. The van der Waals surface area contributed by atoms with Crippen LogP contribution in [0.15, 0.2) is 18.3 Å². The normalized spacial score (nSPS) is 23.2. The molecule has 0 radical (unpaired) electrons. The Morgan fingerprint density at radius 2 is 1.90 bits per heavy atom. The van der Waals surface area contributed by atoms with Crippen LogP contribution < -0.4 is 5.32 Å². The summed E-state index contributed by atoms with van der Waals surface area (Å²) in [6.07, 6.45) is 11.3. The van der Waals surface area contributed by atoms with Crippen LogP contribution in [0, 0.1) is 11.8 Å². The second kappa shape index (κ2) is 8.53. The highest BCUT2D eigenvalue weighted by molar-refractivity contribution is 5.14. The number of hydrogen-bond acceptors (Lipinski definition) is 2. The van der Waals surface area contributed by atoms with Gasteiger partial charge in [0.15, 0.2) is 0 Å². The maximum Gasteiger partial charge on any atom is 0.0406 e. The van der Waals surface area contributed by atoms with Gasteiger partial charge >= 0.3 is 0 Å². The minimum absolute atomic E-state index is 0.593. The van der Waals surface area contributed by atoms with Gasteiger partial charge in [0.25, 0.3) is 0 Å².